The fourth-order valence-corrected chi connectivity index (χ4v) is 1.99. The highest BCUT2D eigenvalue weighted by molar-refractivity contribution is 9.09. The molecule has 0 heterocycles. The van der Waals surface area contributed by atoms with Crippen LogP contribution < -0.4 is 0 Å². The molecule has 0 nitrogen and oxygen atoms in total. The summed E-state index contributed by atoms with van der Waals surface area (Å²) in [5, 5.41) is 0. The molecule has 1 unspecified atom stereocenters. The molecule has 2 aliphatic carbocycles. The lowest BCUT2D eigenvalue weighted by Crippen LogP contribution is -2.14. The van der Waals surface area contributed by atoms with Gasteiger partial charge in [-0.3, -0.25) is 0 Å². The van der Waals surface area contributed by atoms with Crippen molar-refractivity contribution in [2.24, 2.45) is 5.92 Å². The minimum Gasteiger partial charge on any atom is -0.0842 e. The van der Waals surface area contributed by atoms with Crippen molar-refractivity contribution >= 4 is 15.9 Å². The second-order valence-electron chi connectivity index (χ2n) is 3.44. The van der Waals surface area contributed by atoms with Gasteiger partial charge in [-0.25, -0.2) is 0 Å². The predicted molar refractivity (Wildman–Crippen MR) is 51.9 cm³/mol. The SMILES string of the molecule is BrC1C=CC(C2CCC2)=CC1. The van der Waals surface area contributed by atoms with Gasteiger partial charge in [0.2, 0.25) is 0 Å². The normalized spacial score (nSPS) is 31.4. The molecule has 2 aliphatic rings. The third-order valence-corrected chi connectivity index (χ3v) is 3.33. The Hall–Kier alpha value is -0.0400. The van der Waals surface area contributed by atoms with Crippen molar-refractivity contribution in [2.45, 2.75) is 30.5 Å². The van der Waals surface area contributed by atoms with Gasteiger partial charge in [0.15, 0.2) is 0 Å². The van der Waals surface area contributed by atoms with E-state index in [0.717, 1.165) is 5.92 Å². The molecule has 0 N–H and O–H groups in total. The lowest BCUT2D eigenvalue weighted by atomic mass is 9.78. The second-order valence-corrected chi connectivity index (χ2v) is 4.62. The van der Waals surface area contributed by atoms with Crippen LogP contribution in [0.25, 0.3) is 0 Å². The lowest BCUT2D eigenvalue weighted by Gasteiger charge is -2.28. The molecular weight excluding hydrogens is 200 g/mol. The summed E-state index contributed by atoms with van der Waals surface area (Å²) >= 11 is 3.57. The van der Waals surface area contributed by atoms with Crippen molar-refractivity contribution in [3.63, 3.8) is 0 Å². The van der Waals surface area contributed by atoms with Gasteiger partial charge >= 0.3 is 0 Å². The van der Waals surface area contributed by atoms with Gasteiger partial charge in [0, 0.05) is 4.83 Å². The first-order valence-electron chi connectivity index (χ1n) is 4.38. The van der Waals surface area contributed by atoms with Crippen LogP contribution in [-0.4, -0.2) is 4.83 Å². The van der Waals surface area contributed by atoms with E-state index in [1.807, 2.05) is 0 Å². The Kier molecular flexibility index (Phi) is 2.17. The Bertz CT molecular complexity index is 199. The second kappa shape index (κ2) is 3.14. The molecule has 0 spiro atoms. The highest BCUT2D eigenvalue weighted by Crippen LogP contribution is 2.35. The number of alkyl halides is 1. The van der Waals surface area contributed by atoms with Crippen LogP contribution in [0.5, 0.6) is 0 Å². The van der Waals surface area contributed by atoms with Gasteiger partial charge in [0.1, 0.15) is 0 Å². The summed E-state index contributed by atoms with van der Waals surface area (Å²) in [6.45, 7) is 0. The van der Waals surface area contributed by atoms with Gasteiger partial charge < -0.3 is 0 Å². The molecule has 0 radical (unpaired) electrons. The minimum atomic E-state index is 0.589. The Balaban J connectivity index is 1.99. The van der Waals surface area contributed by atoms with Crippen molar-refractivity contribution in [3.8, 4) is 0 Å². The van der Waals surface area contributed by atoms with E-state index in [-0.39, 0.29) is 0 Å². The molecule has 2 rings (SSSR count). The molecule has 0 aromatic heterocycles. The van der Waals surface area contributed by atoms with Crippen LogP contribution in [0.4, 0.5) is 0 Å². The molecular formula is C10H13Br. The highest BCUT2D eigenvalue weighted by atomic mass is 79.9. The first-order chi connectivity index (χ1) is 5.36. The summed E-state index contributed by atoms with van der Waals surface area (Å²) in [6.07, 6.45) is 12.4. The predicted octanol–water partition coefficient (Wildman–Crippen LogP) is 3.44. The Morgan fingerprint density at radius 2 is 2.18 bits per heavy atom. The van der Waals surface area contributed by atoms with Crippen molar-refractivity contribution in [1.29, 1.82) is 0 Å². The fourth-order valence-electron chi connectivity index (χ4n) is 1.66. The molecule has 0 aromatic rings. The van der Waals surface area contributed by atoms with E-state index in [1.165, 1.54) is 25.7 Å². The summed E-state index contributed by atoms with van der Waals surface area (Å²) in [5.74, 6) is 0.909. The summed E-state index contributed by atoms with van der Waals surface area (Å²) < 4.78 is 0. The molecule has 60 valence electrons. The van der Waals surface area contributed by atoms with Crippen LogP contribution in [0.2, 0.25) is 0 Å². The topological polar surface area (TPSA) is 0 Å². The average molecular weight is 213 g/mol. The molecule has 1 saturated carbocycles. The van der Waals surface area contributed by atoms with Gasteiger partial charge in [-0.1, -0.05) is 40.6 Å². The van der Waals surface area contributed by atoms with E-state index in [1.54, 1.807) is 5.57 Å². The molecule has 0 aliphatic heterocycles. The summed E-state index contributed by atoms with van der Waals surface area (Å²) in [6, 6.07) is 0. The molecule has 11 heavy (non-hydrogen) atoms. The van der Waals surface area contributed by atoms with E-state index in [9.17, 15) is 0 Å². The quantitative estimate of drug-likeness (QED) is 0.585. The maximum absolute atomic E-state index is 3.57. The third-order valence-electron chi connectivity index (χ3n) is 2.65. The van der Waals surface area contributed by atoms with Crippen LogP contribution in [-0.2, 0) is 0 Å². The van der Waals surface area contributed by atoms with Gasteiger partial charge in [0.05, 0.1) is 0 Å². The number of hydrogen-bond acceptors (Lipinski definition) is 0. The number of rotatable bonds is 1. The van der Waals surface area contributed by atoms with Gasteiger partial charge in [0.25, 0.3) is 0 Å². The Morgan fingerprint density at radius 1 is 1.36 bits per heavy atom. The van der Waals surface area contributed by atoms with E-state index < -0.39 is 0 Å². The van der Waals surface area contributed by atoms with E-state index in [4.69, 9.17) is 0 Å². The van der Waals surface area contributed by atoms with Gasteiger partial charge in [-0.05, 0) is 30.8 Å². The number of hydrogen-bond donors (Lipinski definition) is 0. The number of allylic oxidation sites excluding steroid dienone is 4. The molecule has 1 heteroatoms. The minimum absolute atomic E-state index is 0.589. The third kappa shape index (κ3) is 1.58. The van der Waals surface area contributed by atoms with E-state index >= 15 is 0 Å². The first-order valence-corrected chi connectivity index (χ1v) is 5.30. The first kappa shape index (κ1) is 7.60. The molecule has 0 amide bonds. The number of halogens is 1. The fraction of sp³-hybridized carbons (Fsp3) is 0.600. The lowest BCUT2D eigenvalue weighted by molar-refractivity contribution is 0.372. The summed E-state index contributed by atoms with van der Waals surface area (Å²) in [4.78, 5) is 0.589. The van der Waals surface area contributed by atoms with Crippen molar-refractivity contribution in [3.05, 3.63) is 23.8 Å². The zero-order valence-electron chi connectivity index (χ0n) is 6.59. The maximum Gasteiger partial charge on any atom is 0.0363 e. The molecule has 0 saturated heterocycles. The standard InChI is InChI=1S/C10H13Br/c11-10-6-4-9(5-7-10)8-2-1-3-8/h4-6,8,10H,1-3,7H2. The molecule has 1 fully saturated rings. The zero-order chi connectivity index (χ0) is 7.68. The van der Waals surface area contributed by atoms with Crippen molar-refractivity contribution < 1.29 is 0 Å². The summed E-state index contributed by atoms with van der Waals surface area (Å²) in [7, 11) is 0. The van der Waals surface area contributed by atoms with Crippen molar-refractivity contribution in [2.75, 3.05) is 0 Å². The largest absolute Gasteiger partial charge is 0.0842 e. The average Bonchev–Trinajstić information content (AvgIpc) is 1.90. The van der Waals surface area contributed by atoms with E-state index in [2.05, 4.69) is 34.2 Å². The monoisotopic (exact) mass is 212 g/mol. The van der Waals surface area contributed by atoms with Crippen molar-refractivity contribution in [1.82, 2.24) is 0 Å². The highest BCUT2D eigenvalue weighted by Gasteiger charge is 2.21. The van der Waals surface area contributed by atoms with Crippen LogP contribution in [0.3, 0.4) is 0 Å². The Labute approximate surface area is 76.5 Å². The van der Waals surface area contributed by atoms with Crippen LogP contribution in [0.15, 0.2) is 23.8 Å². The smallest absolute Gasteiger partial charge is 0.0363 e. The van der Waals surface area contributed by atoms with Crippen LogP contribution in [0.1, 0.15) is 25.7 Å². The van der Waals surface area contributed by atoms with Crippen LogP contribution in [0, 0.1) is 5.92 Å². The molecule has 0 aromatic carbocycles. The summed E-state index contributed by atoms with van der Waals surface area (Å²) in [5.41, 5.74) is 1.59. The van der Waals surface area contributed by atoms with Crippen LogP contribution >= 0.6 is 15.9 Å². The van der Waals surface area contributed by atoms with E-state index in [0.29, 0.717) is 4.83 Å². The van der Waals surface area contributed by atoms with Gasteiger partial charge in [-0.2, -0.15) is 0 Å². The Morgan fingerprint density at radius 3 is 2.64 bits per heavy atom. The molecule has 1 atom stereocenters. The van der Waals surface area contributed by atoms with Gasteiger partial charge in [-0.15, -0.1) is 0 Å². The zero-order valence-corrected chi connectivity index (χ0v) is 8.18. The molecule has 0 bridgehead atoms. The maximum atomic E-state index is 3.57.